The van der Waals surface area contributed by atoms with Crippen LogP contribution in [-0.4, -0.2) is 44.4 Å². The Morgan fingerprint density at radius 1 is 1.14 bits per heavy atom. The maximum absolute atomic E-state index is 12.2. The molecule has 0 aliphatic carbocycles. The van der Waals surface area contributed by atoms with Gasteiger partial charge in [-0.2, -0.15) is 0 Å². The van der Waals surface area contributed by atoms with Gasteiger partial charge in [0.05, 0.1) is 5.75 Å². The number of rotatable bonds is 7. The molecule has 1 amide bonds. The van der Waals surface area contributed by atoms with Crippen molar-refractivity contribution in [3.05, 3.63) is 36.2 Å². The Bertz CT molecular complexity index is 608. The molecule has 0 saturated heterocycles. The van der Waals surface area contributed by atoms with E-state index in [2.05, 4.69) is 17.1 Å². The highest BCUT2D eigenvalue weighted by Gasteiger charge is 2.16. The van der Waals surface area contributed by atoms with Gasteiger partial charge in [-0.25, -0.2) is 0 Å². The quantitative estimate of drug-likeness (QED) is 0.737. The van der Waals surface area contributed by atoms with Crippen LogP contribution in [0.1, 0.15) is 26.6 Å². The number of carbonyl (C=O) groups is 1. The molecule has 0 unspecified atom stereocenters. The Balaban J connectivity index is 2.19. The van der Waals surface area contributed by atoms with Gasteiger partial charge in [0.15, 0.2) is 5.16 Å². The number of aromatic nitrogens is 3. The van der Waals surface area contributed by atoms with E-state index in [0.717, 1.165) is 36.2 Å². The van der Waals surface area contributed by atoms with Crippen LogP contribution in [0.15, 0.2) is 35.5 Å². The van der Waals surface area contributed by atoms with Crippen LogP contribution in [-0.2, 0) is 11.2 Å². The van der Waals surface area contributed by atoms with Crippen molar-refractivity contribution >= 4 is 17.7 Å². The van der Waals surface area contributed by atoms with Gasteiger partial charge in [-0.1, -0.05) is 36.9 Å². The molecular weight excluding hydrogens is 296 g/mol. The first kappa shape index (κ1) is 16.5. The predicted octanol–water partition coefficient (Wildman–Crippen LogP) is 2.79. The monoisotopic (exact) mass is 318 g/mol. The maximum Gasteiger partial charge on any atom is 0.233 e. The van der Waals surface area contributed by atoms with E-state index in [1.54, 1.807) is 0 Å². The average Bonchev–Trinajstić information content (AvgIpc) is 2.97. The highest BCUT2D eigenvalue weighted by molar-refractivity contribution is 7.99. The number of nitrogens with zero attached hydrogens (tertiary/aromatic N) is 4. The third-order valence-corrected chi connectivity index (χ3v) is 4.39. The summed E-state index contributed by atoms with van der Waals surface area (Å²) in [6, 6.07) is 10.0. The summed E-state index contributed by atoms with van der Waals surface area (Å²) in [5.74, 6) is 1.43. The van der Waals surface area contributed by atoms with E-state index in [1.165, 1.54) is 11.8 Å². The lowest BCUT2D eigenvalue weighted by molar-refractivity contribution is -0.127. The van der Waals surface area contributed by atoms with Crippen LogP contribution >= 0.6 is 11.8 Å². The molecule has 0 saturated carbocycles. The molecule has 22 heavy (non-hydrogen) atoms. The van der Waals surface area contributed by atoms with Crippen LogP contribution in [0, 0.1) is 0 Å². The molecule has 2 rings (SSSR count). The number of carbonyl (C=O) groups excluding carboxylic acids is 1. The Labute approximate surface area is 135 Å². The molecular formula is C16H22N4OS. The number of hydrogen-bond acceptors (Lipinski definition) is 4. The lowest BCUT2D eigenvalue weighted by atomic mass is 10.3. The molecule has 0 radical (unpaired) electrons. The molecule has 1 aromatic heterocycles. The molecule has 5 nitrogen and oxygen atoms in total. The average molecular weight is 318 g/mol. The molecule has 0 spiro atoms. The molecule has 0 aliphatic rings. The van der Waals surface area contributed by atoms with Crippen molar-refractivity contribution < 1.29 is 4.79 Å². The lowest BCUT2D eigenvalue weighted by Gasteiger charge is -2.18. The highest BCUT2D eigenvalue weighted by Crippen LogP contribution is 2.22. The first-order chi connectivity index (χ1) is 10.7. The van der Waals surface area contributed by atoms with Gasteiger partial charge in [0, 0.05) is 25.2 Å². The predicted molar refractivity (Wildman–Crippen MR) is 89.4 cm³/mol. The number of para-hydroxylation sites is 1. The fourth-order valence-electron chi connectivity index (χ4n) is 2.25. The van der Waals surface area contributed by atoms with Crippen LogP contribution in [0.25, 0.3) is 5.69 Å². The maximum atomic E-state index is 12.2. The number of hydrogen-bond donors (Lipinski definition) is 0. The summed E-state index contributed by atoms with van der Waals surface area (Å²) in [6.07, 6.45) is 0.798. The number of amides is 1. The zero-order chi connectivity index (χ0) is 15.9. The third kappa shape index (κ3) is 3.68. The normalized spacial score (nSPS) is 10.7. The summed E-state index contributed by atoms with van der Waals surface area (Å²) < 4.78 is 2.03. The van der Waals surface area contributed by atoms with Gasteiger partial charge in [0.25, 0.3) is 0 Å². The minimum Gasteiger partial charge on any atom is -0.343 e. The SMILES string of the molecule is CCc1nnc(SCC(=O)N(CC)CC)n1-c1ccccc1. The number of benzene rings is 1. The second kappa shape index (κ2) is 7.98. The van der Waals surface area contributed by atoms with Crippen molar-refractivity contribution in [1.82, 2.24) is 19.7 Å². The van der Waals surface area contributed by atoms with Crippen LogP contribution < -0.4 is 0 Å². The van der Waals surface area contributed by atoms with Crippen molar-refractivity contribution in [1.29, 1.82) is 0 Å². The van der Waals surface area contributed by atoms with E-state index in [1.807, 2.05) is 53.6 Å². The molecule has 0 N–H and O–H groups in total. The summed E-state index contributed by atoms with van der Waals surface area (Å²) in [7, 11) is 0. The topological polar surface area (TPSA) is 51.0 Å². The molecule has 6 heteroatoms. The van der Waals surface area contributed by atoms with Crippen molar-refractivity contribution in [2.45, 2.75) is 32.3 Å². The van der Waals surface area contributed by atoms with Crippen LogP contribution in [0.3, 0.4) is 0 Å². The first-order valence-corrected chi connectivity index (χ1v) is 8.60. The zero-order valence-corrected chi connectivity index (χ0v) is 14.1. The molecule has 2 aromatic rings. The van der Waals surface area contributed by atoms with Gasteiger partial charge in [-0.3, -0.25) is 9.36 Å². The molecule has 1 aromatic carbocycles. The summed E-state index contributed by atoms with van der Waals surface area (Å²) in [6.45, 7) is 7.52. The van der Waals surface area contributed by atoms with Crippen molar-refractivity contribution in [3.63, 3.8) is 0 Å². The van der Waals surface area contributed by atoms with E-state index in [9.17, 15) is 4.79 Å². The van der Waals surface area contributed by atoms with E-state index < -0.39 is 0 Å². The molecule has 0 aliphatic heterocycles. The van der Waals surface area contributed by atoms with Crippen molar-refractivity contribution in [2.24, 2.45) is 0 Å². The first-order valence-electron chi connectivity index (χ1n) is 7.61. The van der Waals surface area contributed by atoms with Crippen LogP contribution in [0.4, 0.5) is 0 Å². The molecule has 0 bridgehead atoms. The van der Waals surface area contributed by atoms with Gasteiger partial charge >= 0.3 is 0 Å². The minimum absolute atomic E-state index is 0.135. The molecule has 1 heterocycles. The summed E-state index contributed by atoms with van der Waals surface area (Å²) in [5.41, 5.74) is 1.03. The Morgan fingerprint density at radius 2 is 1.82 bits per heavy atom. The fraction of sp³-hybridized carbons (Fsp3) is 0.438. The lowest BCUT2D eigenvalue weighted by Crippen LogP contribution is -2.31. The second-order valence-corrected chi connectivity index (χ2v) is 5.72. The summed E-state index contributed by atoms with van der Waals surface area (Å²) in [4.78, 5) is 14.0. The van der Waals surface area contributed by atoms with Gasteiger partial charge in [-0.15, -0.1) is 10.2 Å². The van der Waals surface area contributed by atoms with Crippen LogP contribution in [0.5, 0.6) is 0 Å². The van der Waals surface area contributed by atoms with Gasteiger partial charge < -0.3 is 4.90 Å². The fourth-order valence-corrected chi connectivity index (χ4v) is 3.13. The standard InChI is InChI=1S/C16H22N4OS/c1-4-14-17-18-16(20(14)13-10-8-7-9-11-13)22-12-15(21)19(5-2)6-3/h7-11H,4-6,12H2,1-3H3. The van der Waals surface area contributed by atoms with Gasteiger partial charge in [0.2, 0.25) is 5.91 Å². The minimum atomic E-state index is 0.135. The number of thioether (sulfide) groups is 1. The van der Waals surface area contributed by atoms with E-state index in [4.69, 9.17) is 0 Å². The van der Waals surface area contributed by atoms with E-state index in [0.29, 0.717) is 5.75 Å². The summed E-state index contributed by atoms with van der Waals surface area (Å²) in [5, 5.41) is 9.26. The largest absolute Gasteiger partial charge is 0.343 e. The van der Waals surface area contributed by atoms with E-state index >= 15 is 0 Å². The van der Waals surface area contributed by atoms with Gasteiger partial charge in [-0.05, 0) is 26.0 Å². The second-order valence-electron chi connectivity index (χ2n) is 4.78. The van der Waals surface area contributed by atoms with Crippen molar-refractivity contribution in [2.75, 3.05) is 18.8 Å². The summed E-state index contributed by atoms with van der Waals surface area (Å²) >= 11 is 1.44. The molecule has 0 atom stereocenters. The van der Waals surface area contributed by atoms with Crippen molar-refractivity contribution in [3.8, 4) is 5.69 Å². The Morgan fingerprint density at radius 3 is 2.41 bits per heavy atom. The zero-order valence-electron chi connectivity index (χ0n) is 13.3. The van der Waals surface area contributed by atoms with E-state index in [-0.39, 0.29) is 5.91 Å². The Hall–Kier alpha value is -1.82. The highest BCUT2D eigenvalue weighted by atomic mass is 32.2. The van der Waals surface area contributed by atoms with Crippen LogP contribution in [0.2, 0.25) is 0 Å². The smallest absolute Gasteiger partial charge is 0.233 e. The molecule has 118 valence electrons. The third-order valence-electron chi connectivity index (χ3n) is 3.47. The number of aryl methyl sites for hydroxylation is 1. The molecule has 0 fully saturated rings. The Kier molecular flexibility index (Phi) is 6.00. The van der Waals surface area contributed by atoms with Gasteiger partial charge in [0.1, 0.15) is 5.82 Å².